The fraction of sp³-hybridized carbons (Fsp3) is 0.368. The quantitative estimate of drug-likeness (QED) is 0.651. The molecule has 28 heavy (non-hydrogen) atoms. The van der Waals surface area contributed by atoms with E-state index in [1.165, 1.54) is 6.07 Å². The number of aromatic hydroxyl groups is 1. The lowest BCUT2D eigenvalue weighted by atomic mass is 10.1. The Kier molecular flexibility index (Phi) is 3.76. The molecule has 1 fully saturated rings. The van der Waals surface area contributed by atoms with Crippen LogP contribution in [0.5, 0.6) is 11.5 Å². The number of anilines is 1. The van der Waals surface area contributed by atoms with Gasteiger partial charge in [-0.05, 0) is 13.0 Å². The van der Waals surface area contributed by atoms with Gasteiger partial charge in [0.1, 0.15) is 33.5 Å². The van der Waals surface area contributed by atoms with Crippen molar-refractivity contribution in [1.82, 2.24) is 9.88 Å². The molecule has 2 aliphatic heterocycles. The van der Waals surface area contributed by atoms with E-state index in [2.05, 4.69) is 5.32 Å². The molecule has 144 valence electrons. The predicted molar refractivity (Wildman–Crippen MR) is 105 cm³/mol. The molecule has 0 amide bonds. The number of aromatic nitrogens is 1. The van der Waals surface area contributed by atoms with Crippen LogP contribution in [0.3, 0.4) is 0 Å². The highest BCUT2D eigenvalue weighted by atomic mass is 32.1. The fourth-order valence-electron chi connectivity index (χ4n) is 4.13. The molecule has 9 heteroatoms. The number of nitriles is 1. The number of thiophene rings is 1. The first kappa shape index (κ1) is 17.3. The van der Waals surface area contributed by atoms with Crippen LogP contribution in [0.1, 0.15) is 17.8 Å². The molecule has 4 heterocycles. The molecule has 2 aliphatic rings. The monoisotopic (exact) mass is 400 g/mol. The first-order valence-corrected chi connectivity index (χ1v) is 9.89. The lowest BCUT2D eigenvalue weighted by Gasteiger charge is -2.34. The molecule has 0 aliphatic carbocycles. The fourth-order valence-corrected chi connectivity index (χ4v) is 5.23. The molecular weight excluding hydrogens is 383 g/mol. The third kappa shape index (κ3) is 2.19. The second-order valence-electron chi connectivity index (χ2n) is 7.10. The molecule has 7 nitrogen and oxygen atoms in total. The van der Waals surface area contributed by atoms with Gasteiger partial charge in [0, 0.05) is 26.2 Å². The smallest absolute Gasteiger partial charge is 0.202 e. The van der Waals surface area contributed by atoms with Gasteiger partial charge >= 0.3 is 0 Å². The Hall–Kier alpha value is -2.83. The highest BCUT2D eigenvalue weighted by molar-refractivity contribution is 7.19. The number of piperazine rings is 1. The summed E-state index contributed by atoms with van der Waals surface area (Å²) >= 11 is 1.08. The van der Waals surface area contributed by atoms with E-state index in [0.717, 1.165) is 24.4 Å². The van der Waals surface area contributed by atoms with E-state index >= 15 is 4.39 Å². The Labute approximate surface area is 163 Å². The van der Waals surface area contributed by atoms with Gasteiger partial charge in [0.15, 0.2) is 17.3 Å². The van der Waals surface area contributed by atoms with E-state index in [9.17, 15) is 15.2 Å². The van der Waals surface area contributed by atoms with Crippen molar-refractivity contribution in [3.05, 3.63) is 27.0 Å². The molecular formula is C19H17FN4O3S. The zero-order valence-electron chi connectivity index (χ0n) is 15.1. The van der Waals surface area contributed by atoms with Crippen LogP contribution in [0.4, 0.5) is 10.1 Å². The van der Waals surface area contributed by atoms with Gasteiger partial charge in [-0.15, -0.1) is 11.3 Å². The highest BCUT2D eigenvalue weighted by Crippen LogP contribution is 2.46. The largest absolute Gasteiger partial charge is 0.505 e. The second kappa shape index (κ2) is 6.09. The number of rotatable bonds is 1. The van der Waals surface area contributed by atoms with E-state index in [-0.39, 0.29) is 27.4 Å². The number of hydrogen-bond acceptors (Lipinski definition) is 7. The molecule has 0 saturated carbocycles. The van der Waals surface area contributed by atoms with Crippen molar-refractivity contribution in [2.24, 2.45) is 0 Å². The van der Waals surface area contributed by atoms with Gasteiger partial charge in [-0.25, -0.2) is 4.39 Å². The van der Waals surface area contributed by atoms with Gasteiger partial charge in [0.05, 0.1) is 16.9 Å². The molecule has 0 radical (unpaired) electrons. The Bertz CT molecular complexity index is 1240. The van der Waals surface area contributed by atoms with Crippen LogP contribution in [0.25, 0.3) is 21.1 Å². The summed E-state index contributed by atoms with van der Waals surface area (Å²) in [5.41, 5.74) is 0.410. The van der Waals surface area contributed by atoms with Crippen LogP contribution in [0, 0.1) is 17.1 Å². The first-order chi connectivity index (χ1) is 13.5. The summed E-state index contributed by atoms with van der Waals surface area (Å²) in [4.78, 5) is 15.6. The van der Waals surface area contributed by atoms with Crippen LogP contribution in [-0.2, 0) is 0 Å². The van der Waals surface area contributed by atoms with Gasteiger partial charge in [-0.1, -0.05) is 0 Å². The van der Waals surface area contributed by atoms with Gasteiger partial charge in [0.25, 0.3) is 0 Å². The van der Waals surface area contributed by atoms with E-state index in [4.69, 9.17) is 4.74 Å². The number of hydrogen-bond donors (Lipinski definition) is 2. The maximum Gasteiger partial charge on any atom is 0.202 e. The summed E-state index contributed by atoms with van der Waals surface area (Å²) in [6.07, 6.45) is 0. The maximum atomic E-state index is 15.2. The van der Waals surface area contributed by atoms with E-state index < -0.39 is 11.2 Å². The number of fused-ring (bicyclic) bond motifs is 2. The summed E-state index contributed by atoms with van der Waals surface area (Å²) in [7, 11) is 0. The Morgan fingerprint density at radius 2 is 2.18 bits per heavy atom. The van der Waals surface area contributed by atoms with Crippen LogP contribution in [-0.4, -0.2) is 42.5 Å². The first-order valence-electron chi connectivity index (χ1n) is 9.07. The molecule has 3 aromatic rings. The van der Waals surface area contributed by atoms with Crippen molar-refractivity contribution in [1.29, 1.82) is 5.26 Å². The normalized spacial score (nSPS) is 19.0. The minimum atomic E-state index is -0.517. The average Bonchev–Trinajstić information content (AvgIpc) is 3.03. The predicted octanol–water partition coefficient (Wildman–Crippen LogP) is 2.30. The summed E-state index contributed by atoms with van der Waals surface area (Å²) in [6, 6.07) is 3.04. The van der Waals surface area contributed by atoms with Gasteiger partial charge < -0.3 is 24.6 Å². The van der Waals surface area contributed by atoms with Crippen LogP contribution in [0.15, 0.2) is 10.9 Å². The molecule has 0 bridgehead atoms. The SMILES string of the molecule is C[C@H]1COc2c(N3CCNCC3)c(F)cc3c(=O)c4c(O)c(C#N)sc4n1c23. The van der Waals surface area contributed by atoms with Gasteiger partial charge in [0.2, 0.25) is 5.43 Å². The lowest BCUT2D eigenvalue weighted by Crippen LogP contribution is -2.44. The van der Waals surface area contributed by atoms with Crippen LogP contribution >= 0.6 is 11.3 Å². The minimum Gasteiger partial charge on any atom is -0.505 e. The molecule has 0 spiro atoms. The van der Waals surface area contributed by atoms with Crippen molar-refractivity contribution in [3.63, 3.8) is 0 Å². The third-order valence-electron chi connectivity index (χ3n) is 5.42. The zero-order valence-corrected chi connectivity index (χ0v) is 15.9. The maximum absolute atomic E-state index is 15.2. The Morgan fingerprint density at radius 3 is 2.89 bits per heavy atom. The van der Waals surface area contributed by atoms with Crippen LogP contribution in [0.2, 0.25) is 0 Å². The number of halogens is 1. The molecule has 0 unspecified atom stereocenters. The van der Waals surface area contributed by atoms with Gasteiger partial charge in [-0.3, -0.25) is 4.79 Å². The number of pyridine rings is 1. The summed E-state index contributed by atoms with van der Waals surface area (Å²) in [5, 5.41) is 23.2. The van der Waals surface area contributed by atoms with E-state index in [1.807, 2.05) is 22.5 Å². The average molecular weight is 400 g/mol. The summed E-state index contributed by atoms with van der Waals surface area (Å²) < 4.78 is 23.0. The summed E-state index contributed by atoms with van der Waals surface area (Å²) in [6.45, 7) is 5.00. The molecule has 2 aromatic heterocycles. The van der Waals surface area contributed by atoms with E-state index in [1.54, 1.807) is 0 Å². The van der Waals surface area contributed by atoms with Crippen molar-refractivity contribution in [2.45, 2.75) is 13.0 Å². The number of ether oxygens (including phenoxy) is 1. The number of nitrogens with one attached hydrogen (secondary N) is 1. The number of benzene rings is 1. The molecule has 1 atom stereocenters. The Balaban J connectivity index is 1.95. The van der Waals surface area contributed by atoms with Crippen molar-refractivity contribution < 1.29 is 14.2 Å². The molecule has 2 N–H and O–H groups in total. The van der Waals surface area contributed by atoms with Crippen molar-refractivity contribution in [2.75, 3.05) is 37.7 Å². The standard InChI is InChI=1S/C19H17FN4O3S/c1-9-8-27-18-14-10(6-11(20)15(18)23-4-2-22-3-5-23)16(25)13-17(26)12(7-21)28-19(13)24(9)14/h6,9,22,26H,2-5,8H2,1H3/t9-/m0/s1. The zero-order chi connectivity index (χ0) is 19.6. The van der Waals surface area contributed by atoms with Crippen molar-refractivity contribution in [3.8, 4) is 17.6 Å². The second-order valence-corrected chi connectivity index (χ2v) is 8.10. The third-order valence-corrected chi connectivity index (χ3v) is 6.51. The van der Waals surface area contributed by atoms with Gasteiger partial charge in [-0.2, -0.15) is 5.26 Å². The molecule has 5 rings (SSSR count). The van der Waals surface area contributed by atoms with E-state index in [0.29, 0.717) is 41.5 Å². The minimum absolute atomic E-state index is 0.0723. The highest BCUT2D eigenvalue weighted by Gasteiger charge is 2.32. The van der Waals surface area contributed by atoms with Crippen LogP contribution < -0.4 is 20.4 Å². The Morgan fingerprint density at radius 1 is 1.43 bits per heavy atom. The molecule has 1 aromatic carbocycles. The number of nitrogens with zero attached hydrogens (tertiary/aromatic N) is 3. The topological polar surface area (TPSA) is 90.5 Å². The summed E-state index contributed by atoms with van der Waals surface area (Å²) in [5.74, 6) is -0.484. The van der Waals surface area contributed by atoms with Crippen molar-refractivity contribution >= 4 is 38.1 Å². The lowest BCUT2D eigenvalue weighted by molar-refractivity contribution is 0.250. The molecule has 1 saturated heterocycles.